The monoisotopic (exact) mass is 339 g/mol. The summed E-state index contributed by atoms with van der Waals surface area (Å²) in [6, 6.07) is -0.165. The van der Waals surface area contributed by atoms with E-state index in [2.05, 4.69) is 20.3 Å². The van der Waals surface area contributed by atoms with Gasteiger partial charge < -0.3 is 30.5 Å². The maximum absolute atomic E-state index is 10.2. The Morgan fingerprint density at radius 2 is 2.04 bits per heavy atom. The van der Waals surface area contributed by atoms with E-state index in [-0.39, 0.29) is 12.6 Å². The molecule has 3 heterocycles. The van der Waals surface area contributed by atoms with Gasteiger partial charge in [-0.3, -0.25) is 4.57 Å². The number of nitrogens with one attached hydrogen (secondary N) is 1. The molecule has 0 saturated carbocycles. The second kappa shape index (κ2) is 6.95. The second-order valence-electron chi connectivity index (χ2n) is 5.71. The molecule has 10 heteroatoms. The molecule has 0 spiro atoms. The predicted molar refractivity (Wildman–Crippen MR) is 83.1 cm³/mol. The Bertz CT molecular complexity index is 691. The van der Waals surface area contributed by atoms with Crippen molar-refractivity contribution < 1.29 is 25.2 Å². The van der Waals surface area contributed by atoms with E-state index in [9.17, 15) is 20.4 Å². The van der Waals surface area contributed by atoms with E-state index in [4.69, 9.17) is 4.74 Å². The summed E-state index contributed by atoms with van der Waals surface area (Å²) in [5.41, 5.74) is 0.872. The Labute approximate surface area is 137 Å². The normalized spacial score (nSPS) is 28.4. The molecule has 0 aromatic carbocycles. The van der Waals surface area contributed by atoms with Crippen LogP contribution in [0.15, 0.2) is 12.7 Å². The van der Waals surface area contributed by atoms with Crippen molar-refractivity contribution in [3.8, 4) is 0 Å². The molecule has 132 valence electrons. The van der Waals surface area contributed by atoms with Gasteiger partial charge in [0.15, 0.2) is 23.2 Å². The number of rotatable bonds is 6. The molecule has 24 heavy (non-hydrogen) atoms. The van der Waals surface area contributed by atoms with Gasteiger partial charge in [-0.2, -0.15) is 0 Å². The number of aliphatic hydroxyl groups is 4. The van der Waals surface area contributed by atoms with Gasteiger partial charge in [-0.25, -0.2) is 15.0 Å². The van der Waals surface area contributed by atoms with Gasteiger partial charge in [0.1, 0.15) is 24.6 Å². The molecule has 1 aliphatic heterocycles. The lowest BCUT2D eigenvalue weighted by atomic mass is 10.1. The summed E-state index contributed by atoms with van der Waals surface area (Å²) in [7, 11) is 0. The van der Waals surface area contributed by atoms with Crippen LogP contribution >= 0.6 is 0 Å². The molecule has 0 aliphatic carbocycles. The molecule has 0 radical (unpaired) electrons. The van der Waals surface area contributed by atoms with Gasteiger partial charge in [0.05, 0.1) is 25.6 Å². The van der Waals surface area contributed by atoms with E-state index in [1.54, 1.807) is 0 Å². The standard InChI is InChI=1S/C14H21N5O5/c1-2-7(3-20)18-12-9-13(16-5-15-12)19(6-17-9)14-11(23)10(22)8(4-21)24-14/h5-8,10-11,14,20-23H,2-4H2,1H3,(H,15,16,18)/t7-,8+,10+,11+,14+/m0/s1. The van der Waals surface area contributed by atoms with Gasteiger partial charge in [-0.15, -0.1) is 0 Å². The number of imidazole rings is 1. The third-order valence-electron chi connectivity index (χ3n) is 4.20. The van der Waals surface area contributed by atoms with E-state index >= 15 is 0 Å². The van der Waals surface area contributed by atoms with Crippen LogP contribution in [0.2, 0.25) is 0 Å². The summed E-state index contributed by atoms with van der Waals surface area (Å²) < 4.78 is 6.99. The van der Waals surface area contributed by atoms with Crippen molar-refractivity contribution in [2.75, 3.05) is 18.5 Å². The van der Waals surface area contributed by atoms with Crippen LogP contribution in [0.25, 0.3) is 11.2 Å². The van der Waals surface area contributed by atoms with Crippen LogP contribution in [0.1, 0.15) is 19.6 Å². The van der Waals surface area contributed by atoms with Crippen LogP contribution in [0.5, 0.6) is 0 Å². The number of hydrogen-bond acceptors (Lipinski definition) is 9. The molecular weight excluding hydrogens is 318 g/mol. The topological polar surface area (TPSA) is 146 Å². The van der Waals surface area contributed by atoms with Gasteiger partial charge in [0, 0.05) is 0 Å². The molecule has 1 aliphatic rings. The minimum Gasteiger partial charge on any atom is -0.394 e. The number of fused-ring (bicyclic) bond motifs is 1. The fraction of sp³-hybridized carbons (Fsp3) is 0.643. The summed E-state index contributed by atoms with van der Waals surface area (Å²) in [5.74, 6) is 0.464. The van der Waals surface area contributed by atoms with Crippen molar-refractivity contribution in [3.05, 3.63) is 12.7 Å². The average molecular weight is 339 g/mol. The van der Waals surface area contributed by atoms with Crippen molar-refractivity contribution in [1.82, 2.24) is 19.5 Å². The first-order valence-corrected chi connectivity index (χ1v) is 7.78. The molecule has 0 unspecified atom stereocenters. The van der Waals surface area contributed by atoms with Crippen LogP contribution in [0.3, 0.4) is 0 Å². The van der Waals surface area contributed by atoms with Crippen molar-refractivity contribution in [2.45, 2.75) is 43.9 Å². The molecule has 3 rings (SSSR count). The zero-order valence-electron chi connectivity index (χ0n) is 13.1. The Kier molecular flexibility index (Phi) is 4.92. The Morgan fingerprint density at radius 3 is 2.67 bits per heavy atom. The molecule has 1 fully saturated rings. The lowest BCUT2D eigenvalue weighted by Gasteiger charge is -2.17. The Hall–Kier alpha value is -1.85. The molecule has 0 amide bonds. The van der Waals surface area contributed by atoms with E-state index in [1.807, 2.05) is 6.92 Å². The summed E-state index contributed by atoms with van der Waals surface area (Å²) >= 11 is 0. The third kappa shape index (κ3) is 2.82. The van der Waals surface area contributed by atoms with Crippen molar-refractivity contribution in [1.29, 1.82) is 0 Å². The molecular formula is C14H21N5O5. The molecule has 1 saturated heterocycles. The number of nitrogens with zero attached hydrogens (tertiary/aromatic N) is 4. The number of hydrogen-bond donors (Lipinski definition) is 5. The van der Waals surface area contributed by atoms with Crippen molar-refractivity contribution >= 4 is 17.0 Å². The minimum absolute atomic E-state index is 0.0441. The first-order chi connectivity index (χ1) is 11.6. The zero-order valence-corrected chi connectivity index (χ0v) is 13.1. The zero-order chi connectivity index (χ0) is 17.3. The highest BCUT2D eigenvalue weighted by Gasteiger charge is 2.44. The Balaban J connectivity index is 1.94. The largest absolute Gasteiger partial charge is 0.394 e. The highest BCUT2D eigenvalue weighted by Crippen LogP contribution is 2.32. The summed E-state index contributed by atoms with van der Waals surface area (Å²) in [6.07, 6.45) is -0.718. The van der Waals surface area contributed by atoms with E-state index in [0.717, 1.165) is 0 Å². The van der Waals surface area contributed by atoms with E-state index in [0.29, 0.717) is 23.4 Å². The van der Waals surface area contributed by atoms with Crippen LogP contribution in [0, 0.1) is 0 Å². The maximum atomic E-state index is 10.2. The third-order valence-corrected chi connectivity index (χ3v) is 4.20. The fourth-order valence-corrected chi connectivity index (χ4v) is 2.72. The Morgan fingerprint density at radius 1 is 1.25 bits per heavy atom. The molecule has 2 aromatic heterocycles. The number of aromatic nitrogens is 4. The summed E-state index contributed by atoms with van der Waals surface area (Å²) in [5, 5.41) is 41.7. The molecule has 5 atom stereocenters. The first kappa shape index (κ1) is 17.0. The number of ether oxygens (including phenoxy) is 1. The predicted octanol–water partition coefficient (Wildman–Crippen LogP) is -1.38. The molecule has 2 aromatic rings. The first-order valence-electron chi connectivity index (χ1n) is 7.78. The molecule has 10 nitrogen and oxygen atoms in total. The second-order valence-corrected chi connectivity index (χ2v) is 5.71. The van der Waals surface area contributed by atoms with Gasteiger partial charge in [0.25, 0.3) is 0 Å². The van der Waals surface area contributed by atoms with Gasteiger partial charge in [0.2, 0.25) is 0 Å². The molecule has 0 bridgehead atoms. The smallest absolute Gasteiger partial charge is 0.167 e. The number of anilines is 1. The van der Waals surface area contributed by atoms with Crippen molar-refractivity contribution in [2.24, 2.45) is 0 Å². The van der Waals surface area contributed by atoms with E-state index < -0.39 is 31.1 Å². The summed E-state index contributed by atoms with van der Waals surface area (Å²) in [6.45, 7) is 1.49. The lowest BCUT2D eigenvalue weighted by molar-refractivity contribution is -0.0511. The van der Waals surface area contributed by atoms with Crippen LogP contribution < -0.4 is 5.32 Å². The maximum Gasteiger partial charge on any atom is 0.167 e. The van der Waals surface area contributed by atoms with Gasteiger partial charge in [-0.05, 0) is 6.42 Å². The van der Waals surface area contributed by atoms with Gasteiger partial charge in [-0.1, -0.05) is 6.92 Å². The minimum atomic E-state index is -1.22. The fourth-order valence-electron chi connectivity index (χ4n) is 2.72. The van der Waals surface area contributed by atoms with Crippen LogP contribution in [-0.2, 0) is 4.74 Å². The van der Waals surface area contributed by atoms with Crippen LogP contribution in [0.4, 0.5) is 5.82 Å². The highest BCUT2D eigenvalue weighted by molar-refractivity contribution is 5.82. The lowest BCUT2D eigenvalue weighted by Crippen LogP contribution is -2.33. The van der Waals surface area contributed by atoms with E-state index in [1.165, 1.54) is 17.2 Å². The van der Waals surface area contributed by atoms with Gasteiger partial charge >= 0.3 is 0 Å². The number of aliphatic hydroxyl groups excluding tert-OH is 4. The van der Waals surface area contributed by atoms with Crippen molar-refractivity contribution in [3.63, 3.8) is 0 Å². The molecule has 5 N–H and O–H groups in total. The SMILES string of the molecule is CC[C@@H](CO)Nc1ncnc2c1ncn2[C@@H]1O[C@H](CO)[C@@H](O)[C@H]1O. The quantitative estimate of drug-likeness (QED) is 0.430. The highest BCUT2D eigenvalue weighted by atomic mass is 16.6. The summed E-state index contributed by atoms with van der Waals surface area (Å²) in [4.78, 5) is 12.6. The average Bonchev–Trinajstić information content (AvgIpc) is 3.15. The van der Waals surface area contributed by atoms with Crippen LogP contribution in [-0.4, -0.2) is 77.5 Å².